The van der Waals surface area contributed by atoms with Crippen molar-refractivity contribution in [3.8, 4) is 5.75 Å². The minimum absolute atomic E-state index is 0.706. The molecule has 20 nitrogen and oxygen atoms in total. The van der Waals surface area contributed by atoms with Crippen LogP contribution in [0.15, 0.2) is 156 Å². The number of thioether (sulfide) groups is 1. The van der Waals surface area contributed by atoms with E-state index in [-0.39, 0.29) is 0 Å². The summed E-state index contributed by atoms with van der Waals surface area (Å²) < 4.78 is 7.86. The molecule has 0 radical (unpaired) electrons. The number of thiazole rings is 1. The van der Waals surface area contributed by atoms with Gasteiger partial charge < -0.3 is 57.5 Å². The van der Waals surface area contributed by atoms with Crippen LogP contribution in [-0.2, 0) is 6.42 Å². The van der Waals surface area contributed by atoms with E-state index in [1.807, 2.05) is 143 Å². The molecule has 13 heterocycles. The van der Waals surface area contributed by atoms with Gasteiger partial charge in [0.2, 0.25) is 0 Å². The second-order valence-corrected chi connectivity index (χ2v) is 29.4. The summed E-state index contributed by atoms with van der Waals surface area (Å²) >= 11 is 5.37. The van der Waals surface area contributed by atoms with Gasteiger partial charge in [0.15, 0.2) is 21.9 Å². The molecule has 105 heavy (non-hydrogen) atoms. The zero-order valence-corrected chi connectivity index (χ0v) is 66.3. The van der Waals surface area contributed by atoms with Crippen LogP contribution in [0.4, 0.5) is 51.5 Å². The number of nitrogens with one attached hydrogen (secondary N) is 9. The predicted molar refractivity (Wildman–Crippen MR) is 453 cm³/mol. The van der Waals surface area contributed by atoms with Gasteiger partial charge in [0.05, 0.1) is 38.2 Å². The van der Waals surface area contributed by atoms with Gasteiger partial charge in [-0.25, -0.2) is 39.9 Å². The first-order chi connectivity index (χ1) is 50.8. The first-order valence-corrected chi connectivity index (χ1v) is 38.5. The third-order valence-electron chi connectivity index (χ3n) is 17.7. The van der Waals surface area contributed by atoms with E-state index in [0.717, 1.165) is 140 Å². The van der Waals surface area contributed by atoms with Gasteiger partial charge in [0.1, 0.15) is 41.5 Å². The average Bonchev–Trinajstić information content (AvgIpc) is 1.78. The maximum absolute atomic E-state index is 5.35. The van der Waals surface area contributed by atoms with Gasteiger partial charge in [-0.2, -0.15) is 0 Å². The lowest BCUT2D eigenvalue weighted by Crippen LogP contribution is -2.36. The molecule has 1 saturated carbocycles. The van der Waals surface area contributed by atoms with Gasteiger partial charge >= 0.3 is 0 Å². The fraction of sp³-hybridized carbons (Fsp3) is 0.354. The highest BCUT2D eigenvalue weighted by atomic mass is 32.2. The first-order valence-electron chi connectivity index (χ1n) is 36.0. The van der Waals surface area contributed by atoms with E-state index in [9.17, 15) is 0 Å². The monoisotopic (exact) mass is 1470 g/mol. The van der Waals surface area contributed by atoms with Gasteiger partial charge in [-0.3, -0.25) is 4.99 Å². The van der Waals surface area contributed by atoms with Crippen LogP contribution < -0.4 is 57.5 Å². The van der Waals surface area contributed by atoms with Crippen LogP contribution in [0.3, 0.4) is 0 Å². The Morgan fingerprint density at radius 2 is 1.22 bits per heavy atom. The molecule has 0 bridgehead atoms. The summed E-state index contributed by atoms with van der Waals surface area (Å²) in [5.74, 6) is 8.46. The molecular formula is C82H105N19OS3. The highest BCUT2D eigenvalue weighted by Crippen LogP contribution is 2.37. The van der Waals surface area contributed by atoms with Crippen LogP contribution in [0.1, 0.15) is 83.2 Å². The standard InChI is InChI=1S/2C11H12N2.C9H13N3.C9H10N2S.C9H16N2S.C9H10N2S.C9H12N2.C8H10N2O.C7H10N2/c1-8-3-4-9-5-6-13-11(12-2)10(9)7-8;1-8-3-4-9-5-6-11(12-2)13-10(9)7-8;1-7-3-4-8-9(11-7)10-5-6-12(8)2;1-6-5-12-7-3-4-8(10-2)11-9(6)7;1-6-3-4-8-7(5-6)11-9(10-2)12-8;1-6-3-4-7-8(5-6)12-9(10-2)11-7;1-7-4-5-8-3-2-6-10-9(8)11-7;1-6-2-3-7-8(10-6)9-4-5-11-7;1-6-4-3-5-7(8-2)9-6/h2*3-7H,1-2H3,(H,12,13);3-4H,5-6H2,1-2H3,(H,10,11);3-5H,1-2H3,(H,10,11);6-8H,3-5H2,1-2H3,(H,10,11);3-5H,1-2H3,(H,10,11);4-5H,2-3,6H2,1H3,(H,10,11);2-3H,4-5H2,1H3,(H,9,10);3-5H,1-2H3,(H,8,9). The molecular weight excluding hydrogens is 1360 g/mol. The maximum atomic E-state index is 5.35. The number of amidine groups is 1. The van der Waals surface area contributed by atoms with Crippen molar-refractivity contribution >= 4 is 133 Å². The Labute approximate surface area is 632 Å². The number of pyridine rings is 7. The Morgan fingerprint density at radius 1 is 0.562 bits per heavy atom. The second kappa shape index (κ2) is 39.7. The minimum atomic E-state index is 0.706. The molecule has 3 atom stereocenters. The van der Waals surface area contributed by atoms with E-state index in [1.54, 1.807) is 22.7 Å². The fourth-order valence-electron chi connectivity index (χ4n) is 11.9. The van der Waals surface area contributed by atoms with Crippen LogP contribution in [-0.4, -0.2) is 138 Å². The average molecular weight is 1470 g/mol. The number of nitrogens with zero attached hydrogens (tertiary/aromatic N) is 10. The topological polar surface area (TPSA) is 236 Å². The lowest BCUT2D eigenvalue weighted by atomic mass is 9.87. The van der Waals surface area contributed by atoms with Gasteiger partial charge in [0, 0.05) is 120 Å². The Bertz CT molecular complexity index is 4730. The van der Waals surface area contributed by atoms with Crippen molar-refractivity contribution in [3.63, 3.8) is 0 Å². The molecule has 1 saturated heterocycles. The molecule has 9 aromatic heterocycles. The van der Waals surface area contributed by atoms with Crippen molar-refractivity contribution in [3.05, 3.63) is 202 Å². The molecule has 3 aromatic carbocycles. The number of aryl methyl sites for hydroxylation is 9. The lowest BCUT2D eigenvalue weighted by molar-refractivity contribution is 0.321. The van der Waals surface area contributed by atoms with E-state index in [2.05, 4.69) is 230 Å². The second-order valence-electron chi connectivity index (χ2n) is 26.2. The van der Waals surface area contributed by atoms with Crippen molar-refractivity contribution in [2.24, 2.45) is 10.9 Å². The molecule has 23 heteroatoms. The van der Waals surface area contributed by atoms with E-state index in [1.165, 1.54) is 91.2 Å². The van der Waals surface area contributed by atoms with E-state index < -0.39 is 0 Å². The normalized spacial score (nSPS) is 15.7. The molecule has 9 N–H and O–H groups in total. The molecule has 0 spiro atoms. The van der Waals surface area contributed by atoms with Crippen LogP contribution >= 0.6 is 34.4 Å². The number of aromatic nitrogens is 8. The smallest absolute Gasteiger partial charge is 0.183 e. The number of fused-ring (bicyclic) bond motifs is 8. The van der Waals surface area contributed by atoms with Crippen molar-refractivity contribution in [2.45, 2.75) is 106 Å². The zero-order valence-electron chi connectivity index (χ0n) is 63.8. The number of hydrogen-bond donors (Lipinski definition) is 9. The van der Waals surface area contributed by atoms with Crippen molar-refractivity contribution in [1.82, 2.24) is 45.2 Å². The molecule has 2 fully saturated rings. The summed E-state index contributed by atoms with van der Waals surface area (Å²) in [6, 6.07) is 48.1. The quantitative estimate of drug-likeness (QED) is 0.0779. The van der Waals surface area contributed by atoms with Gasteiger partial charge in [0.25, 0.3) is 0 Å². The lowest BCUT2D eigenvalue weighted by Gasteiger charge is -2.27. The number of rotatable bonds is 5. The number of benzene rings is 3. The highest BCUT2D eigenvalue weighted by molar-refractivity contribution is 8.14. The van der Waals surface area contributed by atoms with E-state index >= 15 is 0 Å². The van der Waals surface area contributed by atoms with Gasteiger partial charge in [-0.15, -0.1) is 11.3 Å². The van der Waals surface area contributed by atoms with Crippen molar-refractivity contribution in [2.75, 3.05) is 130 Å². The van der Waals surface area contributed by atoms with Crippen LogP contribution in [0.5, 0.6) is 5.75 Å². The summed E-state index contributed by atoms with van der Waals surface area (Å²) in [6.07, 6.45) is 8.32. The molecule has 3 unspecified atom stereocenters. The van der Waals surface area contributed by atoms with Crippen LogP contribution in [0.2, 0.25) is 0 Å². The summed E-state index contributed by atoms with van der Waals surface area (Å²) in [4.78, 5) is 41.2. The summed E-state index contributed by atoms with van der Waals surface area (Å²) in [5.41, 5.74) is 15.1. The number of aliphatic imine (C=N–C) groups is 1. The third kappa shape index (κ3) is 23.4. The summed E-state index contributed by atoms with van der Waals surface area (Å²) in [7, 11) is 13.4. The number of anilines is 9. The molecule has 0 amide bonds. The molecule has 12 aromatic rings. The zero-order chi connectivity index (χ0) is 74.8. The largest absolute Gasteiger partial charge is 0.488 e. The maximum Gasteiger partial charge on any atom is 0.183 e. The number of likely N-dealkylation sites (N-methyl/N-ethyl adjacent to an activating group) is 1. The third-order valence-corrected chi connectivity index (χ3v) is 21.2. The SMILES string of the molecule is CN=C1NC2CC(C)CCC2S1.CNc1ccc2ccc(C)cc2n1.CNc1ccc2scc(C)c2n1.CNc1cccc(C)n1.CNc1nc2ccc(C)cc2s1.CNc1nccc2ccc(C)cc12.Cc1ccc2c(n1)NCCC2.Cc1ccc2c(n1)NCCN2C.Cc1ccc2c(n1)NCCO2. The minimum Gasteiger partial charge on any atom is -0.488 e. The summed E-state index contributed by atoms with van der Waals surface area (Å²) in [5, 5.41) is 37.0. The molecule has 17 rings (SSSR count). The molecule has 5 aliphatic rings. The molecule has 552 valence electrons. The number of hydrogen-bond acceptors (Lipinski definition) is 22. The Morgan fingerprint density at radius 3 is 1.96 bits per heavy atom. The fourth-order valence-corrected chi connectivity index (χ4v) is 14.9. The summed E-state index contributed by atoms with van der Waals surface area (Å²) in [6.45, 7) is 23.4. The van der Waals surface area contributed by atoms with Crippen LogP contribution in [0.25, 0.3) is 42.1 Å². The van der Waals surface area contributed by atoms with E-state index in [0.29, 0.717) is 6.04 Å². The van der Waals surface area contributed by atoms with Crippen LogP contribution in [0, 0.1) is 61.3 Å². The van der Waals surface area contributed by atoms with Crippen molar-refractivity contribution in [1.29, 1.82) is 0 Å². The Balaban J connectivity index is 0.000000137. The van der Waals surface area contributed by atoms with Crippen molar-refractivity contribution < 1.29 is 4.74 Å². The number of ether oxygens (including phenoxy) is 1. The Hall–Kier alpha value is -10.1. The predicted octanol–water partition coefficient (Wildman–Crippen LogP) is 18.0. The number of thiophene rings is 1. The highest BCUT2D eigenvalue weighted by Gasteiger charge is 2.35. The van der Waals surface area contributed by atoms with E-state index in [4.69, 9.17) is 4.74 Å². The first kappa shape index (κ1) is 79.0. The molecule has 4 aliphatic heterocycles. The molecule has 1 aliphatic carbocycles. The Kier molecular flexibility index (Phi) is 29.9. The van der Waals surface area contributed by atoms with Gasteiger partial charge in [-0.1, -0.05) is 78.1 Å². The van der Waals surface area contributed by atoms with Gasteiger partial charge in [-0.05, 0) is 223 Å².